The molecule has 2 heterocycles. The number of anilines is 1. The SMILES string of the molecule is CCC(C)c1ccc(-c2csc(NC(=O)c3cnc(C)cn3)n2)cc1. The van der Waals surface area contributed by atoms with Crippen LogP contribution in [-0.2, 0) is 0 Å². The van der Waals surface area contributed by atoms with Gasteiger partial charge in [0, 0.05) is 17.1 Å². The Morgan fingerprint density at radius 2 is 1.96 bits per heavy atom. The third-order valence-electron chi connectivity index (χ3n) is 4.13. The van der Waals surface area contributed by atoms with E-state index in [4.69, 9.17) is 0 Å². The van der Waals surface area contributed by atoms with Gasteiger partial charge in [-0.1, -0.05) is 38.1 Å². The molecule has 1 aromatic carbocycles. The Labute approximate surface area is 151 Å². The van der Waals surface area contributed by atoms with Gasteiger partial charge in [-0.2, -0.15) is 0 Å². The fraction of sp³-hybridized carbons (Fsp3) is 0.263. The first-order chi connectivity index (χ1) is 12.1. The predicted octanol–water partition coefficient (Wildman–Crippen LogP) is 4.67. The van der Waals surface area contributed by atoms with Crippen molar-refractivity contribution in [2.45, 2.75) is 33.1 Å². The molecule has 5 nitrogen and oxygen atoms in total. The third-order valence-corrected chi connectivity index (χ3v) is 4.88. The molecule has 1 N–H and O–H groups in total. The summed E-state index contributed by atoms with van der Waals surface area (Å²) in [6.07, 6.45) is 4.15. The summed E-state index contributed by atoms with van der Waals surface area (Å²) in [7, 11) is 0. The lowest BCUT2D eigenvalue weighted by Crippen LogP contribution is -2.13. The first-order valence-electron chi connectivity index (χ1n) is 8.22. The lowest BCUT2D eigenvalue weighted by Gasteiger charge is -2.08. The van der Waals surface area contributed by atoms with Crippen molar-refractivity contribution in [3.05, 3.63) is 59.0 Å². The molecule has 0 saturated heterocycles. The lowest BCUT2D eigenvalue weighted by molar-refractivity contribution is 0.102. The van der Waals surface area contributed by atoms with E-state index >= 15 is 0 Å². The highest BCUT2D eigenvalue weighted by atomic mass is 32.1. The van der Waals surface area contributed by atoms with Gasteiger partial charge >= 0.3 is 0 Å². The zero-order chi connectivity index (χ0) is 17.8. The van der Waals surface area contributed by atoms with Crippen LogP contribution >= 0.6 is 11.3 Å². The summed E-state index contributed by atoms with van der Waals surface area (Å²) in [5, 5.41) is 5.26. The molecule has 128 valence electrons. The zero-order valence-corrected chi connectivity index (χ0v) is 15.3. The number of rotatable bonds is 5. The highest BCUT2D eigenvalue weighted by molar-refractivity contribution is 7.14. The fourth-order valence-electron chi connectivity index (χ4n) is 2.35. The minimum absolute atomic E-state index is 0.278. The highest BCUT2D eigenvalue weighted by Gasteiger charge is 2.12. The second-order valence-electron chi connectivity index (χ2n) is 5.97. The van der Waals surface area contributed by atoms with E-state index in [1.54, 1.807) is 6.20 Å². The van der Waals surface area contributed by atoms with Crippen molar-refractivity contribution >= 4 is 22.4 Å². The molecule has 3 aromatic rings. The van der Waals surface area contributed by atoms with Crippen LogP contribution in [0.1, 0.15) is 47.9 Å². The molecule has 1 unspecified atom stereocenters. The fourth-order valence-corrected chi connectivity index (χ4v) is 3.07. The number of aryl methyl sites for hydroxylation is 1. The first-order valence-corrected chi connectivity index (χ1v) is 9.10. The second kappa shape index (κ2) is 7.53. The smallest absolute Gasteiger partial charge is 0.277 e. The van der Waals surface area contributed by atoms with E-state index in [1.165, 1.54) is 23.1 Å². The summed E-state index contributed by atoms with van der Waals surface area (Å²) in [5.41, 5.74) is 4.27. The first kappa shape index (κ1) is 17.2. The number of hydrogen-bond acceptors (Lipinski definition) is 5. The number of carbonyl (C=O) groups is 1. The number of benzene rings is 1. The molecule has 25 heavy (non-hydrogen) atoms. The van der Waals surface area contributed by atoms with Gasteiger partial charge in [-0.05, 0) is 24.8 Å². The average Bonchev–Trinajstić information content (AvgIpc) is 3.10. The molecule has 1 atom stereocenters. The Kier molecular flexibility index (Phi) is 5.19. The van der Waals surface area contributed by atoms with Crippen molar-refractivity contribution in [1.82, 2.24) is 15.0 Å². The summed E-state index contributed by atoms with van der Waals surface area (Å²) >= 11 is 1.39. The van der Waals surface area contributed by atoms with Crippen molar-refractivity contribution in [3.8, 4) is 11.3 Å². The Bertz CT molecular complexity index is 856. The molecule has 0 aliphatic heterocycles. The Balaban J connectivity index is 1.71. The minimum Gasteiger partial charge on any atom is -0.296 e. The zero-order valence-electron chi connectivity index (χ0n) is 14.5. The van der Waals surface area contributed by atoms with Crippen LogP contribution in [0.15, 0.2) is 42.0 Å². The highest BCUT2D eigenvalue weighted by Crippen LogP contribution is 2.27. The van der Waals surface area contributed by atoms with Crippen molar-refractivity contribution in [3.63, 3.8) is 0 Å². The topological polar surface area (TPSA) is 67.8 Å². The number of nitrogens with one attached hydrogen (secondary N) is 1. The van der Waals surface area contributed by atoms with Crippen molar-refractivity contribution in [2.75, 3.05) is 5.32 Å². The molecule has 6 heteroatoms. The number of hydrogen-bond donors (Lipinski definition) is 1. The molecular formula is C19H20N4OS. The molecule has 0 bridgehead atoms. The maximum atomic E-state index is 12.2. The number of thiazole rings is 1. The molecule has 0 radical (unpaired) electrons. The Morgan fingerprint density at radius 3 is 2.60 bits per heavy atom. The largest absolute Gasteiger partial charge is 0.296 e. The summed E-state index contributed by atoms with van der Waals surface area (Å²) in [6, 6.07) is 8.44. The number of nitrogens with zero attached hydrogens (tertiary/aromatic N) is 3. The van der Waals surface area contributed by atoms with Gasteiger partial charge in [0.05, 0.1) is 17.6 Å². The predicted molar refractivity (Wildman–Crippen MR) is 101 cm³/mol. The van der Waals surface area contributed by atoms with Gasteiger partial charge in [-0.3, -0.25) is 15.1 Å². The van der Waals surface area contributed by atoms with Crippen molar-refractivity contribution in [2.24, 2.45) is 0 Å². The van der Waals surface area contributed by atoms with Crippen LogP contribution in [0, 0.1) is 6.92 Å². The summed E-state index contributed by atoms with van der Waals surface area (Å²) in [4.78, 5) is 24.8. The molecule has 0 saturated carbocycles. The molecule has 2 aromatic heterocycles. The van der Waals surface area contributed by atoms with E-state index in [2.05, 4.69) is 58.4 Å². The van der Waals surface area contributed by atoms with Gasteiger partial charge in [0.1, 0.15) is 5.69 Å². The third kappa shape index (κ3) is 4.09. The molecule has 1 amide bonds. The van der Waals surface area contributed by atoms with Crippen LogP contribution in [-0.4, -0.2) is 20.9 Å². The summed E-state index contributed by atoms with van der Waals surface area (Å²) in [5.74, 6) is 0.246. The summed E-state index contributed by atoms with van der Waals surface area (Å²) in [6.45, 7) is 6.24. The van der Waals surface area contributed by atoms with Crippen LogP contribution in [0.3, 0.4) is 0 Å². The van der Waals surface area contributed by atoms with E-state index in [0.717, 1.165) is 23.4 Å². The molecular weight excluding hydrogens is 332 g/mol. The number of amides is 1. The van der Waals surface area contributed by atoms with Crippen LogP contribution in [0.2, 0.25) is 0 Å². The van der Waals surface area contributed by atoms with Crippen LogP contribution in [0.25, 0.3) is 11.3 Å². The molecule has 0 spiro atoms. The Morgan fingerprint density at radius 1 is 1.20 bits per heavy atom. The van der Waals surface area contributed by atoms with E-state index < -0.39 is 0 Å². The van der Waals surface area contributed by atoms with E-state index in [1.807, 2.05) is 12.3 Å². The number of carbonyl (C=O) groups excluding carboxylic acids is 1. The molecule has 0 aliphatic carbocycles. The summed E-state index contributed by atoms with van der Waals surface area (Å²) < 4.78 is 0. The van der Waals surface area contributed by atoms with E-state index in [-0.39, 0.29) is 11.6 Å². The number of aromatic nitrogens is 3. The monoisotopic (exact) mass is 352 g/mol. The van der Waals surface area contributed by atoms with Gasteiger partial charge in [0.25, 0.3) is 5.91 Å². The Hall–Kier alpha value is -2.60. The quantitative estimate of drug-likeness (QED) is 0.724. The lowest BCUT2D eigenvalue weighted by atomic mass is 9.97. The van der Waals surface area contributed by atoms with E-state index in [9.17, 15) is 4.79 Å². The van der Waals surface area contributed by atoms with Gasteiger partial charge in [-0.25, -0.2) is 9.97 Å². The van der Waals surface area contributed by atoms with Crippen LogP contribution in [0.5, 0.6) is 0 Å². The standard InChI is InChI=1S/C19H20N4OS/c1-4-12(2)14-5-7-15(8-6-14)17-11-25-19(22-17)23-18(24)16-10-20-13(3)9-21-16/h5-12H,4H2,1-3H3,(H,22,23,24). The second-order valence-corrected chi connectivity index (χ2v) is 6.82. The van der Waals surface area contributed by atoms with Gasteiger partial charge in [-0.15, -0.1) is 11.3 Å². The van der Waals surface area contributed by atoms with Gasteiger partial charge in [0.15, 0.2) is 5.13 Å². The van der Waals surface area contributed by atoms with E-state index in [0.29, 0.717) is 11.0 Å². The van der Waals surface area contributed by atoms with Crippen molar-refractivity contribution < 1.29 is 4.79 Å². The van der Waals surface area contributed by atoms with Gasteiger partial charge in [0.2, 0.25) is 0 Å². The minimum atomic E-state index is -0.305. The van der Waals surface area contributed by atoms with Crippen LogP contribution in [0.4, 0.5) is 5.13 Å². The molecule has 0 fully saturated rings. The van der Waals surface area contributed by atoms with Crippen molar-refractivity contribution in [1.29, 1.82) is 0 Å². The normalized spacial score (nSPS) is 12.0. The molecule has 0 aliphatic rings. The molecule has 3 rings (SSSR count). The maximum Gasteiger partial charge on any atom is 0.277 e. The van der Waals surface area contributed by atoms with Crippen LogP contribution < -0.4 is 5.32 Å². The van der Waals surface area contributed by atoms with Gasteiger partial charge < -0.3 is 0 Å². The average molecular weight is 352 g/mol. The maximum absolute atomic E-state index is 12.2.